The Morgan fingerprint density at radius 1 is 1.17 bits per heavy atom. The molecule has 0 aliphatic rings. The van der Waals surface area contributed by atoms with Crippen LogP contribution >= 0.6 is 0 Å². The van der Waals surface area contributed by atoms with Crippen LogP contribution in [0.5, 0.6) is 0 Å². The van der Waals surface area contributed by atoms with E-state index < -0.39 is 5.97 Å². The Balaban J connectivity index is -0.000000405. The van der Waals surface area contributed by atoms with Gasteiger partial charge in [0.1, 0.15) is 0 Å². The minimum absolute atomic E-state index is 0. The van der Waals surface area contributed by atoms with Crippen LogP contribution in [-0.2, 0) is 4.79 Å². The fourth-order valence-corrected chi connectivity index (χ4v) is 0.873. The fraction of sp³-hybridized carbons (Fsp3) is 0.875. The zero-order valence-electron chi connectivity index (χ0n) is 7.71. The Morgan fingerprint density at radius 3 is 2.08 bits per heavy atom. The van der Waals surface area contributed by atoms with Crippen LogP contribution in [0.1, 0.15) is 45.4 Å². The Bertz CT molecular complexity index is 96.3. The standard InChI is InChI=1S/C8H16O2.Mg.H2O/c1-2-3-4-5-6-7-8(9)10;;/h2-7H2,1H3,(H,9,10);;1H2/q;+2;/p-2. The van der Waals surface area contributed by atoms with Crippen LogP contribution in [0.3, 0.4) is 0 Å². The van der Waals surface area contributed by atoms with E-state index in [9.17, 15) is 9.90 Å². The van der Waals surface area contributed by atoms with Gasteiger partial charge in [0.15, 0.2) is 0 Å². The van der Waals surface area contributed by atoms with Gasteiger partial charge in [0.25, 0.3) is 0 Å². The molecule has 0 fully saturated rings. The van der Waals surface area contributed by atoms with Crippen molar-refractivity contribution in [3.8, 4) is 0 Å². The number of unbranched alkanes of at least 4 members (excludes halogenated alkanes) is 4. The van der Waals surface area contributed by atoms with Crippen LogP contribution < -0.4 is 5.11 Å². The number of carbonyl (C=O) groups excluding carboxylic acids is 1. The number of hydrogen-bond acceptors (Lipinski definition) is 3. The molecule has 68 valence electrons. The first kappa shape index (κ1) is 18.1. The number of rotatable bonds is 6. The van der Waals surface area contributed by atoms with Gasteiger partial charge in [-0.25, -0.2) is 0 Å². The molecule has 0 aliphatic carbocycles. The second-order valence-corrected chi connectivity index (χ2v) is 2.54. The zero-order valence-corrected chi connectivity index (χ0v) is 9.13. The molecule has 0 amide bonds. The molecule has 0 aromatic heterocycles. The number of carboxylic acid groups (broad SMARTS) is 1. The topological polar surface area (TPSA) is 70.1 Å². The third-order valence-corrected chi connectivity index (χ3v) is 1.48. The average Bonchev–Trinajstić information content (AvgIpc) is 1.87. The van der Waals surface area contributed by atoms with Gasteiger partial charge < -0.3 is 15.4 Å². The summed E-state index contributed by atoms with van der Waals surface area (Å²) in [5, 5.41) is 9.92. The Hall–Kier alpha value is 0.196. The molecule has 0 spiro atoms. The van der Waals surface area contributed by atoms with Crippen LogP contribution in [-0.4, -0.2) is 34.5 Å². The van der Waals surface area contributed by atoms with Gasteiger partial charge in [0, 0.05) is 5.97 Å². The summed E-state index contributed by atoms with van der Waals surface area (Å²) in [7, 11) is 0. The molecule has 12 heavy (non-hydrogen) atoms. The molecule has 0 rings (SSSR count). The van der Waals surface area contributed by atoms with Crippen molar-refractivity contribution in [3.63, 3.8) is 0 Å². The van der Waals surface area contributed by atoms with E-state index in [1.165, 1.54) is 12.8 Å². The van der Waals surface area contributed by atoms with E-state index in [0.717, 1.165) is 19.3 Å². The van der Waals surface area contributed by atoms with Crippen molar-refractivity contribution in [1.29, 1.82) is 0 Å². The van der Waals surface area contributed by atoms with Gasteiger partial charge in [-0.15, -0.1) is 0 Å². The maximum Gasteiger partial charge on any atom is 2.00 e. The predicted molar refractivity (Wildman–Crippen MR) is 46.1 cm³/mol. The van der Waals surface area contributed by atoms with Crippen molar-refractivity contribution in [3.05, 3.63) is 0 Å². The Kier molecular flexibility index (Phi) is 20.7. The van der Waals surface area contributed by atoms with E-state index in [1.54, 1.807) is 0 Å². The van der Waals surface area contributed by atoms with Crippen LogP contribution in [0.25, 0.3) is 0 Å². The van der Waals surface area contributed by atoms with E-state index in [0.29, 0.717) is 0 Å². The summed E-state index contributed by atoms with van der Waals surface area (Å²) in [6.07, 6.45) is 5.61. The molecule has 0 aliphatic heterocycles. The summed E-state index contributed by atoms with van der Waals surface area (Å²) >= 11 is 0. The third kappa shape index (κ3) is 16.7. The number of aliphatic carboxylic acids is 1. The average molecular weight is 185 g/mol. The van der Waals surface area contributed by atoms with Crippen LogP contribution in [0.15, 0.2) is 0 Å². The van der Waals surface area contributed by atoms with E-state index in [2.05, 4.69) is 6.92 Å². The molecule has 0 radical (unpaired) electrons. The van der Waals surface area contributed by atoms with Crippen LogP contribution in [0.4, 0.5) is 0 Å². The zero-order chi connectivity index (χ0) is 7.82. The summed E-state index contributed by atoms with van der Waals surface area (Å²) in [5.41, 5.74) is 0. The normalized spacial score (nSPS) is 8.08. The molecular formula is C8H16MgO3. The maximum absolute atomic E-state index is 9.92. The summed E-state index contributed by atoms with van der Waals surface area (Å²) in [5.74, 6) is -0.920. The molecule has 0 aromatic carbocycles. The van der Waals surface area contributed by atoms with Crippen LogP contribution in [0.2, 0.25) is 0 Å². The predicted octanol–water partition coefficient (Wildman–Crippen LogP) is 0.539. The minimum Gasteiger partial charge on any atom is -0.870 e. The second kappa shape index (κ2) is 13.8. The van der Waals surface area contributed by atoms with E-state index in [1.807, 2.05) is 0 Å². The molecule has 0 aromatic rings. The minimum atomic E-state index is -0.920. The monoisotopic (exact) mass is 184 g/mol. The Labute approximate surface area is 90.0 Å². The molecule has 0 unspecified atom stereocenters. The summed E-state index contributed by atoms with van der Waals surface area (Å²) in [6.45, 7) is 2.14. The second-order valence-electron chi connectivity index (χ2n) is 2.54. The fourth-order valence-electron chi connectivity index (χ4n) is 0.873. The molecular weight excluding hydrogens is 168 g/mol. The van der Waals surface area contributed by atoms with Crippen molar-refractivity contribution in [1.82, 2.24) is 0 Å². The molecule has 0 atom stereocenters. The first-order valence-electron chi connectivity index (χ1n) is 3.97. The summed E-state index contributed by atoms with van der Waals surface area (Å²) in [6, 6.07) is 0. The van der Waals surface area contributed by atoms with Crippen molar-refractivity contribution < 1.29 is 15.4 Å². The van der Waals surface area contributed by atoms with Gasteiger partial charge in [0.05, 0.1) is 0 Å². The van der Waals surface area contributed by atoms with E-state index in [-0.39, 0.29) is 34.9 Å². The quantitative estimate of drug-likeness (QED) is 0.447. The van der Waals surface area contributed by atoms with Crippen molar-refractivity contribution >= 4 is 29.0 Å². The number of hydrogen-bond donors (Lipinski definition) is 0. The third-order valence-electron chi connectivity index (χ3n) is 1.48. The van der Waals surface area contributed by atoms with Crippen LogP contribution in [0, 0.1) is 0 Å². The van der Waals surface area contributed by atoms with Crippen molar-refractivity contribution in [2.45, 2.75) is 45.4 Å². The molecule has 0 saturated carbocycles. The van der Waals surface area contributed by atoms with Crippen molar-refractivity contribution in [2.24, 2.45) is 0 Å². The number of carboxylic acids is 1. The molecule has 0 heterocycles. The molecule has 0 saturated heterocycles. The molecule has 1 N–H and O–H groups in total. The summed E-state index contributed by atoms with van der Waals surface area (Å²) < 4.78 is 0. The first-order valence-corrected chi connectivity index (χ1v) is 3.97. The SMILES string of the molecule is CCCCCCCC(=O)[O-].[Mg+2].[OH-]. The van der Waals surface area contributed by atoms with Crippen molar-refractivity contribution in [2.75, 3.05) is 0 Å². The Morgan fingerprint density at radius 2 is 1.67 bits per heavy atom. The first-order chi connectivity index (χ1) is 4.77. The molecule has 0 bridgehead atoms. The van der Waals surface area contributed by atoms with Gasteiger partial charge in [0.2, 0.25) is 0 Å². The summed E-state index contributed by atoms with van der Waals surface area (Å²) in [4.78, 5) is 9.92. The van der Waals surface area contributed by atoms with E-state index in [4.69, 9.17) is 0 Å². The van der Waals surface area contributed by atoms with Gasteiger partial charge >= 0.3 is 23.1 Å². The van der Waals surface area contributed by atoms with Gasteiger partial charge in [-0.3, -0.25) is 0 Å². The molecule has 4 heteroatoms. The smallest absolute Gasteiger partial charge is 0.870 e. The largest absolute Gasteiger partial charge is 2.00 e. The van der Waals surface area contributed by atoms with E-state index >= 15 is 0 Å². The van der Waals surface area contributed by atoms with Gasteiger partial charge in [-0.05, 0) is 12.8 Å². The molecule has 3 nitrogen and oxygen atoms in total. The van der Waals surface area contributed by atoms with Gasteiger partial charge in [-0.2, -0.15) is 0 Å². The maximum atomic E-state index is 9.92. The van der Waals surface area contributed by atoms with Gasteiger partial charge in [-0.1, -0.05) is 32.6 Å². The number of carbonyl (C=O) groups is 1.